The zero-order valence-electron chi connectivity index (χ0n) is 14.4. The zero-order chi connectivity index (χ0) is 20.1. The van der Waals surface area contributed by atoms with Gasteiger partial charge in [-0.1, -0.05) is 40.9 Å². The Balaban J connectivity index is 1.80. The second kappa shape index (κ2) is 9.06. The van der Waals surface area contributed by atoms with Crippen LogP contribution in [0.4, 0.5) is 5.69 Å². The maximum absolute atomic E-state index is 12.6. The number of halogens is 3. The van der Waals surface area contributed by atoms with Gasteiger partial charge in [-0.05, 0) is 48.0 Å². The molecule has 3 rings (SSSR count). The molecule has 0 spiro atoms. The molecule has 2 aromatic carbocycles. The van der Waals surface area contributed by atoms with Crippen molar-refractivity contribution in [2.75, 3.05) is 5.32 Å². The number of carbonyl (C=O) groups excluding carboxylic acids is 2. The maximum atomic E-state index is 12.6. The summed E-state index contributed by atoms with van der Waals surface area (Å²) in [5, 5.41) is 6.48. The second-order valence-electron chi connectivity index (χ2n) is 5.81. The first-order chi connectivity index (χ1) is 13.4. The Morgan fingerprint density at radius 1 is 0.893 bits per heavy atom. The van der Waals surface area contributed by atoms with Crippen molar-refractivity contribution in [3.63, 3.8) is 0 Å². The van der Waals surface area contributed by atoms with Crippen LogP contribution in [-0.2, 0) is 6.54 Å². The molecule has 0 atom stereocenters. The molecule has 28 heavy (non-hydrogen) atoms. The fraction of sp³-hybridized carbons (Fsp3) is 0.0500. The molecule has 142 valence electrons. The average molecular weight is 435 g/mol. The average Bonchev–Trinajstić information content (AvgIpc) is 2.68. The molecule has 0 saturated carbocycles. The van der Waals surface area contributed by atoms with Gasteiger partial charge < -0.3 is 10.6 Å². The van der Waals surface area contributed by atoms with E-state index >= 15 is 0 Å². The van der Waals surface area contributed by atoms with Crippen molar-refractivity contribution < 1.29 is 9.59 Å². The quantitative estimate of drug-likeness (QED) is 0.578. The minimum Gasteiger partial charge on any atom is -0.348 e. The standard InChI is InChI=1S/C20H14Cl3N3O2/c21-13-4-6-18(26-20(28)15-5-3-14(22)9-17(15)23)16(8-13)19(27)25-11-12-2-1-7-24-10-12/h1-10H,11H2,(H,25,27)(H,26,28). The number of nitrogens with one attached hydrogen (secondary N) is 2. The number of carbonyl (C=O) groups is 2. The van der Waals surface area contributed by atoms with E-state index < -0.39 is 5.91 Å². The van der Waals surface area contributed by atoms with Crippen LogP contribution in [0, 0.1) is 0 Å². The maximum Gasteiger partial charge on any atom is 0.257 e. The lowest BCUT2D eigenvalue weighted by Crippen LogP contribution is -2.25. The number of pyridine rings is 1. The highest BCUT2D eigenvalue weighted by atomic mass is 35.5. The molecule has 0 radical (unpaired) electrons. The number of rotatable bonds is 5. The van der Waals surface area contributed by atoms with Crippen LogP contribution in [0.25, 0.3) is 0 Å². The van der Waals surface area contributed by atoms with Gasteiger partial charge in [-0.15, -0.1) is 0 Å². The van der Waals surface area contributed by atoms with Crippen LogP contribution < -0.4 is 10.6 Å². The lowest BCUT2D eigenvalue weighted by molar-refractivity contribution is 0.0951. The second-order valence-corrected chi connectivity index (χ2v) is 7.09. The number of aromatic nitrogens is 1. The molecule has 0 bridgehead atoms. The minimum absolute atomic E-state index is 0.210. The molecule has 0 fully saturated rings. The van der Waals surface area contributed by atoms with Crippen molar-refractivity contribution in [1.29, 1.82) is 0 Å². The summed E-state index contributed by atoms with van der Waals surface area (Å²) in [6, 6.07) is 12.8. The van der Waals surface area contributed by atoms with Crippen LogP contribution in [0.5, 0.6) is 0 Å². The lowest BCUT2D eigenvalue weighted by Gasteiger charge is -2.13. The monoisotopic (exact) mass is 433 g/mol. The van der Waals surface area contributed by atoms with Gasteiger partial charge in [0.1, 0.15) is 0 Å². The van der Waals surface area contributed by atoms with Gasteiger partial charge in [-0.3, -0.25) is 14.6 Å². The van der Waals surface area contributed by atoms with Gasteiger partial charge in [0.25, 0.3) is 11.8 Å². The Morgan fingerprint density at radius 3 is 2.36 bits per heavy atom. The molecule has 3 aromatic rings. The Bertz CT molecular complexity index is 1030. The summed E-state index contributed by atoms with van der Waals surface area (Å²) in [4.78, 5) is 29.2. The van der Waals surface area contributed by atoms with Crippen LogP contribution in [-0.4, -0.2) is 16.8 Å². The topological polar surface area (TPSA) is 71.1 Å². The molecular weight excluding hydrogens is 421 g/mol. The van der Waals surface area contributed by atoms with E-state index in [1.807, 2.05) is 6.07 Å². The summed E-state index contributed by atoms with van der Waals surface area (Å²) in [5.74, 6) is -0.853. The van der Waals surface area contributed by atoms with Gasteiger partial charge >= 0.3 is 0 Å². The highest BCUT2D eigenvalue weighted by molar-refractivity contribution is 6.37. The van der Waals surface area contributed by atoms with Crippen molar-refractivity contribution in [2.24, 2.45) is 0 Å². The molecular formula is C20H14Cl3N3O2. The van der Waals surface area contributed by atoms with E-state index in [0.717, 1.165) is 5.56 Å². The van der Waals surface area contributed by atoms with Gasteiger partial charge in [-0.2, -0.15) is 0 Å². The molecule has 0 aliphatic carbocycles. The molecule has 5 nitrogen and oxygen atoms in total. The molecule has 2 N–H and O–H groups in total. The predicted molar refractivity (Wildman–Crippen MR) is 111 cm³/mol. The fourth-order valence-corrected chi connectivity index (χ4v) is 3.12. The highest BCUT2D eigenvalue weighted by Gasteiger charge is 2.17. The Labute approximate surface area is 176 Å². The predicted octanol–water partition coefficient (Wildman–Crippen LogP) is 5.22. The third kappa shape index (κ3) is 5.01. The van der Waals surface area contributed by atoms with Crippen molar-refractivity contribution in [2.45, 2.75) is 6.54 Å². The van der Waals surface area contributed by atoms with E-state index in [1.54, 1.807) is 36.7 Å². The molecule has 8 heteroatoms. The summed E-state index contributed by atoms with van der Waals surface area (Å²) < 4.78 is 0. The number of amides is 2. The molecule has 0 unspecified atom stereocenters. The van der Waals surface area contributed by atoms with Gasteiger partial charge in [-0.25, -0.2) is 0 Å². The molecule has 0 aliphatic rings. The van der Waals surface area contributed by atoms with Crippen LogP contribution >= 0.6 is 34.8 Å². The molecule has 1 heterocycles. The van der Waals surface area contributed by atoms with Crippen molar-refractivity contribution in [3.05, 3.63) is 92.7 Å². The number of hydrogen-bond donors (Lipinski definition) is 2. The zero-order valence-corrected chi connectivity index (χ0v) is 16.6. The number of benzene rings is 2. The third-order valence-corrected chi connectivity index (χ3v) is 4.61. The van der Waals surface area contributed by atoms with Crippen LogP contribution in [0.2, 0.25) is 15.1 Å². The van der Waals surface area contributed by atoms with Gasteiger partial charge in [0.05, 0.1) is 21.8 Å². The first-order valence-electron chi connectivity index (χ1n) is 8.17. The third-order valence-electron chi connectivity index (χ3n) is 3.83. The van der Waals surface area contributed by atoms with E-state index in [9.17, 15) is 9.59 Å². The van der Waals surface area contributed by atoms with Crippen LogP contribution in [0.1, 0.15) is 26.3 Å². The molecule has 0 aliphatic heterocycles. The SMILES string of the molecule is O=C(Nc1ccc(Cl)cc1C(=O)NCc1cccnc1)c1ccc(Cl)cc1Cl. The van der Waals surface area contributed by atoms with Gasteiger partial charge in [0.2, 0.25) is 0 Å². The Kier molecular flexibility index (Phi) is 6.52. The number of hydrogen-bond acceptors (Lipinski definition) is 3. The molecule has 1 aromatic heterocycles. The first kappa shape index (κ1) is 20.1. The summed E-state index contributed by atoms with van der Waals surface area (Å²) in [6.45, 7) is 0.287. The van der Waals surface area contributed by atoms with Gasteiger partial charge in [0, 0.05) is 29.0 Å². The van der Waals surface area contributed by atoms with Crippen LogP contribution in [0.15, 0.2) is 60.9 Å². The number of nitrogens with zero attached hydrogens (tertiary/aromatic N) is 1. The largest absolute Gasteiger partial charge is 0.348 e. The van der Waals surface area contributed by atoms with Crippen LogP contribution in [0.3, 0.4) is 0 Å². The first-order valence-corrected chi connectivity index (χ1v) is 9.30. The smallest absolute Gasteiger partial charge is 0.257 e. The van der Waals surface area contributed by atoms with E-state index in [-0.39, 0.29) is 28.6 Å². The highest BCUT2D eigenvalue weighted by Crippen LogP contribution is 2.25. The lowest BCUT2D eigenvalue weighted by atomic mass is 10.1. The van der Waals surface area contributed by atoms with E-state index in [4.69, 9.17) is 34.8 Å². The summed E-state index contributed by atoms with van der Waals surface area (Å²) in [6.07, 6.45) is 3.31. The summed E-state index contributed by atoms with van der Waals surface area (Å²) in [7, 11) is 0. The normalized spacial score (nSPS) is 10.4. The van der Waals surface area contributed by atoms with Crippen molar-refractivity contribution in [1.82, 2.24) is 10.3 Å². The molecule has 0 saturated heterocycles. The summed E-state index contributed by atoms with van der Waals surface area (Å²) in [5.41, 5.74) is 1.62. The molecule has 2 amide bonds. The van der Waals surface area contributed by atoms with E-state index in [2.05, 4.69) is 15.6 Å². The Hall–Kier alpha value is -2.60. The Morgan fingerprint density at radius 2 is 1.64 bits per heavy atom. The van der Waals surface area contributed by atoms with Gasteiger partial charge in [0.15, 0.2) is 0 Å². The van der Waals surface area contributed by atoms with E-state index in [1.165, 1.54) is 18.2 Å². The number of anilines is 1. The van der Waals surface area contributed by atoms with E-state index in [0.29, 0.717) is 15.7 Å². The fourth-order valence-electron chi connectivity index (χ4n) is 2.46. The van der Waals surface area contributed by atoms with Crippen molar-refractivity contribution in [3.8, 4) is 0 Å². The van der Waals surface area contributed by atoms with Crippen molar-refractivity contribution >= 4 is 52.3 Å². The summed E-state index contributed by atoms with van der Waals surface area (Å²) >= 11 is 18.0. The minimum atomic E-state index is -0.467.